The molecule has 0 unspecified atom stereocenters. The molecule has 0 atom stereocenters. The Balaban J connectivity index is 1.96. The van der Waals surface area contributed by atoms with Crippen LogP contribution in [0.15, 0.2) is 48.5 Å². The van der Waals surface area contributed by atoms with Gasteiger partial charge in [-0.15, -0.1) is 0 Å². The number of imide groups is 1. The predicted molar refractivity (Wildman–Crippen MR) is 110 cm³/mol. The van der Waals surface area contributed by atoms with Gasteiger partial charge < -0.3 is 15.1 Å². The third-order valence-corrected chi connectivity index (χ3v) is 5.04. The van der Waals surface area contributed by atoms with Crippen molar-refractivity contribution in [2.24, 2.45) is 0 Å². The minimum absolute atomic E-state index is 0.110. The van der Waals surface area contributed by atoms with E-state index >= 15 is 0 Å². The Morgan fingerprint density at radius 2 is 1.40 bits per heavy atom. The summed E-state index contributed by atoms with van der Waals surface area (Å²) in [4.78, 5) is 52.1. The molecule has 0 fully saturated rings. The van der Waals surface area contributed by atoms with Gasteiger partial charge in [-0.05, 0) is 36.4 Å². The van der Waals surface area contributed by atoms with Crippen LogP contribution in [0.4, 0.5) is 11.4 Å². The van der Waals surface area contributed by atoms with E-state index in [4.69, 9.17) is 0 Å². The van der Waals surface area contributed by atoms with Crippen LogP contribution in [0, 0.1) is 0 Å². The zero-order valence-corrected chi connectivity index (χ0v) is 16.0. The summed E-state index contributed by atoms with van der Waals surface area (Å²) in [5.74, 6) is -4.02. The van der Waals surface area contributed by atoms with E-state index in [-0.39, 0.29) is 27.9 Å². The normalized spacial score (nSPS) is 12.9. The number of carbonyl (C=O) groups excluding carboxylic acids is 2. The summed E-state index contributed by atoms with van der Waals surface area (Å²) in [7, 11) is 3.71. The van der Waals surface area contributed by atoms with Crippen LogP contribution in [0.5, 0.6) is 0 Å². The molecule has 0 saturated carbocycles. The molecule has 30 heavy (non-hydrogen) atoms. The third-order valence-electron chi connectivity index (χ3n) is 5.04. The second kappa shape index (κ2) is 6.70. The minimum Gasteiger partial charge on any atom is -0.478 e. The summed E-state index contributed by atoms with van der Waals surface area (Å²) in [6, 6.07) is 11.7. The number of carboxylic acid groups (broad SMARTS) is 2. The fraction of sp³-hybridized carbons (Fsp3) is 0.0909. The molecule has 150 valence electrons. The lowest BCUT2D eigenvalue weighted by atomic mass is 9.92. The highest BCUT2D eigenvalue weighted by Gasteiger charge is 2.35. The van der Waals surface area contributed by atoms with Crippen molar-refractivity contribution in [3.05, 3.63) is 70.8 Å². The quantitative estimate of drug-likeness (QED) is 0.642. The lowest BCUT2D eigenvalue weighted by molar-refractivity contribution is 0.0695. The van der Waals surface area contributed by atoms with Crippen molar-refractivity contribution in [1.29, 1.82) is 0 Å². The van der Waals surface area contributed by atoms with E-state index in [0.717, 1.165) is 34.2 Å². The van der Waals surface area contributed by atoms with Crippen LogP contribution < -0.4 is 9.80 Å². The Hall–Kier alpha value is -4.20. The number of hydrogen-bond acceptors (Lipinski definition) is 5. The lowest BCUT2D eigenvalue weighted by Gasteiger charge is -2.29. The van der Waals surface area contributed by atoms with Crippen molar-refractivity contribution in [3.63, 3.8) is 0 Å². The molecule has 0 radical (unpaired) electrons. The number of nitrogens with zero attached hydrogens (tertiary/aromatic N) is 2. The first-order valence-corrected chi connectivity index (χ1v) is 8.94. The van der Waals surface area contributed by atoms with Gasteiger partial charge in [0.05, 0.1) is 16.8 Å². The number of rotatable bonds is 4. The summed E-state index contributed by atoms with van der Waals surface area (Å²) in [5, 5.41) is 19.9. The van der Waals surface area contributed by atoms with Crippen LogP contribution in [0.25, 0.3) is 10.8 Å². The Morgan fingerprint density at radius 1 is 0.833 bits per heavy atom. The van der Waals surface area contributed by atoms with Crippen LogP contribution in [-0.2, 0) is 0 Å². The van der Waals surface area contributed by atoms with Crippen molar-refractivity contribution >= 4 is 45.9 Å². The van der Waals surface area contributed by atoms with Gasteiger partial charge in [0.25, 0.3) is 11.8 Å². The summed E-state index contributed by atoms with van der Waals surface area (Å²) < 4.78 is 0. The van der Waals surface area contributed by atoms with E-state index in [1.165, 1.54) is 0 Å². The summed E-state index contributed by atoms with van der Waals surface area (Å²) >= 11 is 0. The topological polar surface area (TPSA) is 115 Å². The molecule has 2 N–H and O–H groups in total. The molecule has 0 saturated heterocycles. The SMILES string of the molecule is CN(C)c1ccc2c3c(cccc13)C(=O)N(c1cc(C(=O)O)cc(C(=O)O)c1)C2=O. The molecule has 4 rings (SSSR count). The van der Waals surface area contributed by atoms with Crippen LogP contribution in [0.2, 0.25) is 0 Å². The maximum Gasteiger partial charge on any atom is 0.335 e. The highest BCUT2D eigenvalue weighted by Crippen LogP contribution is 2.37. The van der Waals surface area contributed by atoms with Gasteiger partial charge in [-0.3, -0.25) is 9.59 Å². The molecule has 0 bridgehead atoms. The van der Waals surface area contributed by atoms with E-state index in [9.17, 15) is 29.4 Å². The first kappa shape index (κ1) is 19.1. The molecule has 1 aliphatic rings. The van der Waals surface area contributed by atoms with Crippen LogP contribution >= 0.6 is 0 Å². The van der Waals surface area contributed by atoms with Gasteiger partial charge in [-0.2, -0.15) is 0 Å². The fourth-order valence-corrected chi connectivity index (χ4v) is 3.69. The summed E-state index contributed by atoms with van der Waals surface area (Å²) in [6.45, 7) is 0. The molecule has 0 spiro atoms. The molecule has 1 heterocycles. The molecular weight excluding hydrogens is 388 g/mol. The first-order chi connectivity index (χ1) is 14.2. The van der Waals surface area contributed by atoms with Crippen molar-refractivity contribution < 1.29 is 29.4 Å². The van der Waals surface area contributed by atoms with Gasteiger partial charge in [0.1, 0.15) is 0 Å². The first-order valence-electron chi connectivity index (χ1n) is 8.94. The maximum atomic E-state index is 13.3. The Morgan fingerprint density at radius 3 is 1.93 bits per heavy atom. The van der Waals surface area contributed by atoms with E-state index < -0.39 is 23.8 Å². The van der Waals surface area contributed by atoms with Crippen molar-refractivity contribution in [1.82, 2.24) is 0 Å². The van der Waals surface area contributed by atoms with Gasteiger partial charge in [-0.25, -0.2) is 14.5 Å². The van der Waals surface area contributed by atoms with E-state index in [1.54, 1.807) is 24.3 Å². The fourth-order valence-electron chi connectivity index (χ4n) is 3.69. The summed E-state index contributed by atoms with van der Waals surface area (Å²) in [6.07, 6.45) is 0. The average Bonchev–Trinajstić information content (AvgIpc) is 2.71. The number of amides is 2. The Bertz CT molecular complexity index is 1220. The molecule has 3 aromatic carbocycles. The van der Waals surface area contributed by atoms with E-state index in [2.05, 4.69) is 0 Å². The lowest BCUT2D eigenvalue weighted by Crippen LogP contribution is -2.40. The number of aromatic carboxylic acids is 2. The van der Waals surface area contributed by atoms with Crippen LogP contribution in [-0.4, -0.2) is 48.1 Å². The predicted octanol–water partition coefficient (Wildman–Crippen LogP) is 3.10. The van der Waals surface area contributed by atoms with Crippen molar-refractivity contribution in [2.75, 3.05) is 23.9 Å². The standard InChI is InChI=1S/C22H16N2O6/c1-23(2)17-7-6-16-18-14(17)4-3-5-15(18)19(25)24(20(16)26)13-9-11(21(27)28)8-12(10-13)22(29)30/h3-10H,1-2H3,(H,27,28)(H,29,30). The molecule has 1 aliphatic heterocycles. The average molecular weight is 404 g/mol. The number of carbonyl (C=O) groups is 4. The molecule has 0 aromatic heterocycles. The number of anilines is 2. The number of carboxylic acids is 2. The van der Waals surface area contributed by atoms with Crippen LogP contribution in [0.3, 0.4) is 0 Å². The van der Waals surface area contributed by atoms with E-state index in [0.29, 0.717) is 5.39 Å². The molecule has 0 aliphatic carbocycles. The van der Waals surface area contributed by atoms with Gasteiger partial charge in [0, 0.05) is 41.7 Å². The zero-order valence-electron chi connectivity index (χ0n) is 16.0. The monoisotopic (exact) mass is 404 g/mol. The highest BCUT2D eigenvalue weighted by molar-refractivity contribution is 6.36. The van der Waals surface area contributed by atoms with Gasteiger partial charge >= 0.3 is 11.9 Å². The minimum atomic E-state index is -1.37. The zero-order chi connectivity index (χ0) is 21.7. The number of hydrogen-bond donors (Lipinski definition) is 2. The highest BCUT2D eigenvalue weighted by atomic mass is 16.4. The Labute approximate surface area is 170 Å². The number of benzene rings is 3. The molecule has 8 nitrogen and oxygen atoms in total. The van der Waals surface area contributed by atoms with Crippen molar-refractivity contribution in [3.8, 4) is 0 Å². The Kier molecular flexibility index (Phi) is 4.27. The smallest absolute Gasteiger partial charge is 0.335 e. The second-order valence-electron chi connectivity index (χ2n) is 7.08. The molecule has 2 amide bonds. The molecule has 3 aromatic rings. The maximum absolute atomic E-state index is 13.3. The third kappa shape index (κ3) is 2.77. The largest absolute Gasteiger partial charge is 0.478 e. The van der Waals surface area contributed by atoms with Gasteiger partial charge in [0.2, 0.25) is 0 Å². The molecular formula is C22H16N2O6. The van der Waals surface area contributed by atoms with Gasteiger partial charge in [-0.1, -0.05) is 12.1 Å². The summed E-state index contributed by atoms with van der Waals surface area (Å²) in [5.41, 5.74) is 0.619. The second-order valence-corrected chi connectivity index (χ2v) is 7.08. The van der Waals surface area contributed by atoms with Crippen molar-refractivity contribution in [2.45, 2.75) is 0 Å². The molecule has 8 heteroatoms. The van der Waals surface area contributed by atoms with Crippen LogP contribution in [0.1, 0.15) is 41.4 Å². The van der Waals surface area contributed by atoms with Gasteiger partial charge in [0.15, 0.2) is 0 Å². The van der Waals surface area contributed by atoms with E-state index in [1.807, 2.05) is 25.1 Å².